The number of benzene rings is 12. The van der Waals surface area contributed by atoms with Gasteiger partial charge in [-0.3, -0.25) is 0 Å². The number of hydrogen-bond acceptors (Lipinski definition) is 2. The largest absolute Gasteiger partial charge is 0.310 e. The van der Waals surface area contributed by atoms with Gasteiger partial charge in [0.25, 0.3) is 6.71 Å². The van der Waals surface area contributed by atoms with Gasteiger partial charge in [0, 0.05) is 61.5 Å². The fourth-order valence-corrected chi connectivity index (χ4v) is 16.9. The molecule has 0 radical (unpaired) electrons. The number of aromatic nitrogens is 1. The highest BCUT2D eigenvalue weighted by Crippen LogP contribution is 2.57. The van der Waals surface area contributed by atoms with E-state index in [9.17, 15) is 0 Å². The Bertz CT molecular complexity index is 4860. The molecule has 4 heteroatoms. The first-order valence-corrected chi connectivity index (χ1v) is 34.0. The van der Waals surface area contributed by atoms with Gasteiger partial charge in [-0.15, -0.1) is 0 Å². The zero-order valence-corrected chi connectivity index (χ0v) is 56.1. The molecule has 1 fully saturated rings. The minimum atomic E-state index is -0.166. The third-order valence-electron chi connectivity index (χ3n) is 20.8. The van der Waals surface area contributed by atoms with Crippen LogP contribution in [0.3, 0.4) is 0 Å². The fraction of sp³-hybridized carbons (Fsp3) is 0.200. The van der Waals surface area contributed by atoms with Crippen molar-refractivity contribution in [1.29, 1.82) is 0 Å². The van der Waals surface area contributed by atoms with Crippen LogP contribution in [-0.4, -0.2) is 11.3 Å². The van der Waals surface area contributed by atoms with E-state index >= 15 is 0 Å². The molecule has 94 heavy (non-hydrogen) atoms. The summed E-state index contributed by atoms with van der Waals surface area (Å²) in [5.41, 5.74) is 30.5. The molecule has 3 heterocycles. The molecule has 0 N–H and O–H groups in total. The Morgan fingerprint density at radius 1 is 0.351 bits per heavy atom. The Balaban J connectivity index is 1.09. The summed E-state index contributed by atoms with van der Waals surface area (Å²) in [6.45, 7) is 24.0. The van der Waals surface area contributed by atoms with Crippen LogP contribution in [0.25, 0.3) is 83.1 Å². The first-order valence-electron chi connectivity index (χ1n) is 34.0. The van der Waals surface area contributed by atoms with Gasteiger partial charge in [-0.05, 0) is 156 Å². The van der Waals surface area contributed by atoms with Crippen LogP contribution in [0.5, 0.6) is 0 Å². The van der Waals surface area contributed by atoms with Crippen LogP contribution in [0.15, 0.2) is 273 Å². The van der Waals surface area contributed by atoms with Crippen molar-refractivity contribution in [3.8, 4) is 61.3 Å². The summed E-state index contributed by atoms with van der Waals surface area (Å²) in [5, 5.41) is 2.52. The summed E-state index contributed by atoms with van der Waals surface area (Å²) in [5.74, 6) is 0.273. The SMILES string of the molecule is CC1(C)CC(c2cc3c4c(c2)N(c2c(-c5ccccc5)cccc2-c2ccccc2)c2cc(-n5c6cc(C(C)(C)C)ccc6c6ccc(C(C)(C)C)cc65)ccc2B4c2ccc(-c4ccccc4)cc2N3c2c(-c3ccccc3)cccc2-c2ccccc2)CC(C)(C)C1. The predicted octanol–water partition coefficient (Wildman–Crippen LogP) is 23.1. The van der Waals surface area contributed by atoms with Gasteiger partial charge in [0.05, 0.1) is 22.4 Å². The average molecular weight is 1220 g/mol. The molecule has 0 amide bonds. The van der Waals surface area contributed by atoms with E-state index in [1.807, 2.05) is 0 Å². The van der Waals surface area contributed by atoms with Crippen molar-refractivity contribution in [2.24, 2.45) is 10.8 Å². The molecule has 3 aliphatic rings. The Hall–Kier alpha value is -9.90. The third kappa shape index (κ3) is 10.2. The number of anilines is 6. The van der Waals surface area contributed by atoms with Gasteiger partial charge in [0.2, 0.25) is 0 Å². The van der Waals surface area contributed by atoms with Gasteiger partial charge >= 0.3 is 0 Å². The summed E-state index contributed by atoms with van der Waals surface area (Å²) in [4.78, 5) is 5.50. The van der Waals surface area contributed by atoms with E-state index < -0.39 is 0 Å². The van der Waals surface area contributed by atoms with Crippen molar-refractivity contribution in [2.45, 2.75) is 105 Å². The first kappa shape index (κ1) is 59.1. The zero-order valence-electron chi connectivity index (χ0n) is 56.1. The van der Waals surface area contributed by atoms with Crippen molar-refractivity contribution in [2.75, 3.05) is 9.80 Å². The lowest BCUT2D eigenvalue weighted by molar-refractivity contribution is 0.0969. The molecule has 12 aromatic carbocycles. The molecule has 0 saturated heterocycles. The van der Waals surface area contributed by atoms with Gasteiger partial charge in [-0.25, -0.2) is 0 Å². The number of para-hydroxylation sites is 2. The van der Waals surface area contributed by atoms with Crippen molar-refractivity contribution in [1.82, 2.24) is 4.57 Å². The molecular formula is C90H82BN3. The zero-order chi connectivity index (χ0) is 64.4. The summed E-state index contributed by atoms with van der Waals surface area (Å²) in [6, 6.07) is 104. The average Bonchev–Trinajstić information content (AvgIpc) is 0.722. The number of hydrogen-bond donors (Lipinski definition) is 0. The van der Waals surface area contributed by atoms with Crippen LogP contribution in [0.4, 0.5) is 34.1 Å². The molecular weight excluding hydrogens is 1130 g/mol. The molecule has 0 spiro atoms. The van der Waals surface area contributed by atoms with E-state index in [4.69, 9.17) is 0 Å². The summed E-state index contributed by atoms with van der Waals surface area (Å²) < 4.78 is 2.60. The van der Waals surface area contributed by atoms with E-state index in [1.54, 1.807) is 0 Å². The highest BCUT2D eigenvalue weighted by Gasteiger charge is 2.47. The van der Waals surface area contributed by atoms with Crippen molar-refractivity contribution in [3.63, 3.8) is 0 Å². The third-order valence-corrected chi connectivity index (χ3v) is 20.8. The Kier molecular flexibility index (Phi) is 14.1. The Morgan fingerprint density at radius 2 is 0.734 bits per heavy atom. The Morgan fingerprint density at radius 3 is 1.14 bits per heavy atom. The number of rotatable bonds is 9. The lowest BCUT2D eigenvalue weighted by Crippen LogP contribution is -2.61. The minimum Gasteiger partial charge on any atom is -0.310 e. The normalized spacial score (nSPS) is 15.1. The molecule has 460 valence electrons. The monoisotopic (exact) mass is 1220 g/mol. The molecule has 0 bridgehead atoms. The van der Waals surface area contributed by atoms with Gasteiger partial charge in [0.1, 0.15) is 0 Å². The second kappa shape index (κ2) is 22.4. The van der Waals surface area contributed by atoms with Gasteiger partial charge in [-0.2, -0.15) is 0 Å². The van der Waals surface area contributed by atoms with E-state index in [0.29, 0.717) is 0 Å². The lowest BCUT2D eigenvalue weighted by atomic mass is 9.33. The van der Waals surface area contributed by atoms with E-state index in [1.165, 1.54) is 151 Å². The smallest absolute Gasteiger partial charge is 0.252 e. The van der Waals surface area contributed by atoms with Gasteiger partial charge < -0.3 is 14.4 Å². The van der Waals surface area contributed by atoms with Gasteiger partial charge in [-0.1, -0.05) is 300 Å². The molecule has 16 rings (SSSR count). The molecule has 2 aliphatic heterocycles. The molecule has 0 atom stereocenters. The molecule has 3 nitrogen and oxygen atoms in total. The summed E-state index contributed by atoms with van der Waals surface area (Å²) >= 11 is 0. The Labute approximate surface area is 557 Å². The summed E-state index contributed by atoms with van der Waals surface area (Å²) in [6.07, 6.45) is 3.34. The molecule has 1 aromatic heterocycles. The second-order valence-corrected chi connectivity index (χ2v) is 30.7. The van der Waals surface area contributed by atoms with Crippen LogP contribution in [-0.2, 0) is 10.8 Å². The maximum Gasteiger partial charge on any atom is 0.252 e. The van der Waals surface area contributed by atoms with Crippen LogP contribution >= 0.6 is 0 Å². The lowest BCUT2D eigenvalue weighted by Gasteiger charge is -2.48. The molecule has 1 saturated carbocycles. The summed E-state index contributed by atoms with van der Waals surface area (Å²) in [7, 11) is 0. The second-order valence-electron chi connectivity index (χ2n) is 30.7. The van der Waals surface area contributed by atoms with Crippen LogP contribution in [0, 0.1) is 10.8 Å². The topological polar surface area (TPSA) is 11.4 Å². The predicted molar refractivity (Wildman–Crippen MR) is 404 cm³/mol. The van der Waals surface area contributed by atoms with E-state index in [2.05, 4.69) is 357 Å². The minimum absolute atomic E-state index is 0.0678. The van der Waals surface area contributed by atoms with Crippen LogP contribution < -0.4 is 26.2 Å². The van der Waals surface area contributed by atoms with Crippen molar-refractivity contribution >= 4 is 79.0 Å². The molecule has 13 aromatic rings. The molecule has 0 unspecified atom stereocenters. The van der Waals surface area contributed by atoms with Gasteiger partial charge in [0.15, 0.2) is 0 Å². The van der Waals surface area contributed by atoms with Crippen LogP contribution in [0.2, 0.25) is 0 Å². The quantitative estimate of drug-likeness (QED) is 0.133. The van der Waals surface area contributed by atoms with Crippen molar-refractivity contribution in [3.05, 3.63) is 290 Å². The van der Waals surface area contributed by atoms with Crippen molar-refractivity contribution < 1.29 is 0 Å². The highest BCUT2D eigenvalue weighted by atomic mass is 15.2. The fourth-order valence-electron chi connectivity index (χ4n) is 16.9. The number of nitrogens with zero attached hydrogens (tertiary/aromatic N) is 3. The standard InChI is InChI=1S/C90H82BN3/c1-87(2,3)67-43-46-74-75-47-44-68(88(4,5)6)54-79(75)92(78(74)53-67)69-45-49-77-81(55-69)94(86-72(62-34-22-14-23-35-62)40-27-41-73(86)63-36-24-15-25-37-63)83-52-65(66-56-89(7,8)58-90(9,10)57-66)51-82-84(83)91(77)76-48-42-64(59-28-16-11-17-29-59)50-80(76)93(82)85-70(60-30-18-12-19-31-60)38-26-39-71(85)61-32-20-13-21-33-61/h11-55,66H,56-58H2,1-10H3. The number of fused-ring (bicyclic) bond motifs is 7. The van der Waals surface area contributed by atoms with E-state index in [0.717, 1.165) is 18.5 Å². The maximum absolute atomic E-state index is 2.76. The highest BCUT2D eigenvalue weighted by molar-refractivity contribution is 7.00. The maximum atomic E-state index is 2.76. The molecule has 1 aliphatic carbocycles. The first-order chi connectivity index (χ1) is 45.4. The van der Waals surface area contributed by atoms with Crippen LogP contribution in [0.1, 0.15) is 111 Å². The van der Waals surface area contributed by atoms with E-state index in [-0.39, 0.29) is 34.3 Å².